The summed E-state index contributed by atoms with van der Waals surface area (Å²) in [6, 6.07) is 6.76. The zero-order valence-corrected chi connectivity index (χ0v) is 14.2. The summed E-state index contributed by atoms with van der Waals surface area (Å²) in [5.74, 6) is -0.130. The lowest BCUT2D eigenvalue weighted by molar-refractivity contribution is 0.223. The van der Waals surface area contributed by atoms with Crippen molar-refractivity contribution >= 4 is 32.4 Å². The number of benzene rings is 1. The molecule has 2 atom stereocenters. The SMILES string of the molecule is O=S(=O)(c1cccc2nonc12)N1C[C@@H](CO)[C@H](c2ccsc2)C1. The molecule has 0 spiro atoms. The molecule has 1 N–H and O–H groups in total. The fourth-order valence-corrected chi connectivity index (χ4v) is 5.59. The van der Waals surface area contributed by atoms with Crippen molar-refractivity contribution in [1.29, 1.82) is 0 Å². The first kappa shape index (κ1) is 15.7. The lowest BCUT2D eigenvalue weighted by Gasteiger charge is -2.16. The van der Waals surface area contributed by atoms with Gasteiger partial charge in [-0.3, -0.25) is 0 Å². The van der Waals surface area contributed by atoms with Crippen LogP contribution in [-0.2, 0) is 10.0 Å². The molecule has 0 unspecified atom stereocenters. The zero-order chi connectivity index (χ0) is 16.7. The Morgan fingerprint density at radius 2 is 2.17 bits per heavy atom. The van der Waals surface area contributed by atoms with E-state index >= 15 is 0 Å². The maximum atomic E-state index is 13.1. The second-order valence-corrected chi connectivity index (χ2v) is 8.50. The third kappa shape index (κ3) is 2.44. The summed E-state index contributed by atoms with van der Waals surface area (Å²) < 4.78 is 32.2. The van der Waals surface area contributed by atoms with Gasteiger partial charge >= 0.3 is 0 Å². The van der Waals surface area contributed by atoms with Gasteiger partial charge in [0.25, 0.3) is 0 Å². The number of hydrogen-bond donors (Lipinski definition) is 1. The molecule has 0 radical (unpaired) electrons. The van der Waals surface area contributed by atoms with E-state index < -0.39 is 10.0 Å². The summed E-state index contributed by atoms with van der Waals surface area (Å²) in [6.07, 6.45) is 0. The van der Waals surface area contributed by atoms with E-state index in [1.165, 1.54) is 10.4 Å². The van der Waals surface area contributed by atoms with Crippen LogP contribution in [0.1, 0.15) is 11.5 Å². The molecule has 126 valence electrons. The topological polar surface area (TPSA) is 96.5 Å². The Labute approximate surface area is 142 Å². The van der Waals surface area contributed by atoms with Crippen LogP contribution in [0.4, 0.5) is 0 Å². The van der Waals surface area contributed by atoms with Gasteiger partial charge in [-0.1, -0.05) is 6.07 Å². The van der Waals surface area contributed by atoms with Gasteiger partial charge in [0.05, 0.1) is 0 Å². The Kier molecular flexibility index (Phi) is 3.87. The lowest BCUT2D eigenvalue weighted by atomic mass is 9.92. The van der Waals surface area contributed by atoms with Crippen LogP contribution in [0.25, 0.3) is 11.0 Å². The van der Waals surface area contributed by atoms with Crippen LogP contribution in [0.2, 0.25) is 0 Å². The van der Waals surface area contributed by atoms with E-state index in [1.54, 1.807) is 23.5 Å². The molecule has 1 fully saturated rings. The molecule has 9 heteroatoms. The van der Waals surface area contributed by atoms with Crippen molar-refractivity contribution in [1.82, 2.24) is 14.6 Å². The minimum atomic E-state index is -3.74. The van der Waals surface area contributed by atoms with Crippen LogP contribution in [0.15, 0.2) is 44.6 Å². The van der Waals surface area contributed by atoms with E-state index in [0.717, 1.165) is 5.56 Å². The van der Waals surface area contributed by atoms with Crippen molar-refractivity contribution in [3.63, 3.8) is 0 Å². The van der Waals surface area contributed by atoms with Crippen LogP contribution in [0.5, 0.6) is 0 Å². The van der Waals surface area contributed by atoms with Crippen molar-refractivity contribution in [2.24, 2.45) is 5.92 Å². The summed E-state index contributed by atoms with van der Waals surface area (Å²) in [6.45, 7) is 0.565. The van der Waals surface area contributed by atoms with Crippen molar-refractivity contribution < 1.29 is 18.2 Å². The standard InChI is InChI=1S/C15H15N3O4S2/c19-8-11-6-18(7-12(11)10-4-5-23-9-10)24(20,21)14-3-1-2-13-15(14)17-22-16-13/h1-5,9,11-12,19H,6-8H2/t11-,12-/m0/s1. The van der Waals surface area contributed by atoms with Crippen LogP contribution in [0, 0.1) is 5.92 Å². The van der Waals surface area contributed by atoms with E-state index in [1.807, 2.05) is 16.8 Å². The van der Waals surface area contributed by atoms with Gasteiger partial charge in [0, 0.05) is 31.5 Å². The predicted molar refractivity (Wildman–Crippen MR) is 88.2 cm³/mol. The lowest BCUT2D eigenvalue weighted by Crippen LogP contribution is -2.29. The molecule has 0 bridgehead atoms. The number of hydrogen-bond acceptors (Lipinski definition) is 7. The van der Waals surface area contributed by atoms with E-state index in [-0.39, 0.29) is 35.4 Å². The number of nitrogens with zero attached hydrogens (tertiary/aromatic N) is 3. The highest BCUT2D eigenvalue weighted by Crippen LogP contribution is 2.37. The van der Waals surface area contributed by atoms with Gasteiger partial charge in [-0.25, -0.2) is 13.0 Å². The van der Waals surface area contributed by atoms with Crippen LogP contribution < -0.4 is 0 Å². The number of aliphatic hydroxyl groups is 1. The van der Waals surface area contributed by atoms with Crippen LogP contribution in [0.3, 0.4) is 0 Å². The molecule has 0 saturated carbocycles. The monoisotopic (exact) mass is 365 g/mol. The van der Waals surface area contributed by atoms with E-state index in [9.17, 15) is 13.5 Å². The molecular formula is C15H15N3O4S2. The molecular weight excluding hydrogens is 350 g/mol. The number of thiophene rings is 1. The number of rotatable bonds is 4. The quantitative estimate of drug-likeness (QED) is 0.756. The van der Waals surface area contributed by atoms with Crippen LogP contribution in [-0.4, -0.2) is 47.8 Å². The van der Waals surface area contributed by atoms with Gasteiger partial charge in [-0.05, 0) is 44.8 Å². The average molecular weight is 365 g/mol. The van der Waals surface area contributed by atoms with Crippen molar-refractivity contribution in [2.45, 2.75) is 10.8 Å². The second kappa shape index (κ2) is 5.92. The highest BCUT2D eigenvalue weighted by Gasteiger charge is 2.40. The summed E-state index contributed by atoms with van der Waals surface area (Å²) in [5, 5.41) is 21.1. The van der Waals surface area contributed by atoms with Crippen molar-refractivity contribution in [2.75, 3.05) is 19.7 Å². The predicted octanol–water partition coefficient (Wildman–Crippen LogP) is 1.68. The zero-order valence-electron chi connectivity index (χ0n) is 12.6. The molecule has 7 nitrogen and oxygen atoms in total. The maximum absolute atomic E-state index is 13.1. The van der Waals surface area contributed by atoms with Gasteiger partial charge in [-0.2, -0.15) is 15.6 Å². The molecule has 0 amide bonds. The molecule has 24 heavy (non-hydrogen) atoms. The molecule has 1 aliphatic rings. The van der Waals surface area contributed by atoms with Gasteiger partial charge in [0.15, 0.2) is 5.52 Å². The van der Waals surface area contributed by atoms with Gasteiger partial charge in [0.2, 0.25) is 10.0 Å². The summed E-state index contributed by atoms with van der Waals surface area (Å²) in [4.78, 5) is 0.0870. The summed E-state index contributed by atoms with van der Waals surface area (Å²) >= 11 is 1.57. The van der Waals surface area contributed by atoms with Crippen molar-refractivity contribution in [3.8, 4) is 0 Å². The maximum Gasteiger partial charge on any atom is 0.245 e. The molecule has 3 aromatic rings. The first-order valence-electron chi connectivity index (χ1n) is 7.45. The van der Waals surface area contributed by atoms with E-state index in [0.29, 0.717) is 12.1 Å². The number of aliphatic hydroxyl groups excluding tert-OH is 1. The first-order chi connectivity index (χ1) is 11.6. The summed E-state index contributed by atoms with van der Waals surface area (Å²) in [5.41, 5.74) is 1.71. The van der Waals surface area contributed by atoms with Gasteiger partial charge < -0.3 is 5.11 Å². The molecule has 1 saturated heterocycles. The molecule has 1 aromatic carbocycles. The minimum Gasteiger partial charge on any atom is -0.396 e. The fourth-order valence-electron chi connectivity index (χ4n) is 3.21. The molecule has 2 aromatic heterocycles. The first-order valence-corrected chi connectivity index (χ1v) is 9.84. The summed E-state index contributed by atoms with van der Waals surface area (Å²) in [7, 11) is -3.74. The second-order valence-electron chi connectivity index (χ2n) is 5.82. The van der Waals surface area contributed by atoms with Gasteiger partial charge in [-0.15, -0.1) is 0 Å². The molecule has 4 rings (SSSR count). The van der Waals surface area contributed by atoms with Crippen LogP contribution >= 0.6 is 11.3 Å². The Morgan fingerprint density at radius 3 is 2.92 bits per heavy atom. The fraction of sp³-hybridized carbons (Fsp3) is 0.333. The molecule has 3 heterocycles. The highest BCUT2D eigenvalue weighted by atomic mass is 32.2. The number of sulfonamides is 1. The molecule has 0 aliphatic carbocycles. The number of aromatic nitrogens is 2. The third-order valence-corrected chi connectivity index (χ3v) is 7.04. The number of fused-ring (bicyclic) bond motifs is 1. The largest absolute Gasteiger partial charge is 0.396 e. The smallest absolute Gasteiger partial charge is 0.245 e. The highest BCUT2D eigenvalue weighted by molar-refractivity contribution is 7.89. The average Bonchev–Trinajstić information content (AvgIpc) is 3.31. The van der Waals surface area contributed by atoms with E-state index in [2.05, 4.69) is 14.9 Å². The minimum absolute atomic E-state index is 0.00865. The Hall–Kier alpha value is -1.81. The third-order valence-electron chi connectivity index (χ3n) is 4.48. The molecule has 1 aliphatic heterocycles. The van der Waals surface area contributed by atoms with Gasteiger partial charge in [0.1, 0.15) is 10.4 Å². The Balaban J connectivity index is 1.72. The Bertz CT molecular complexity index is 952. The normalized spacial score (nSPS) is 22.4. The Morgan fingerprint density at radius 1 is 1.29 bits per heavy atom. The van der Waals surface area contributed by atoms with Crippen molar-refractivity contribution in [3.05, 3.63) is 40.6 Å². The van der Waals surface area contributed by atoms with E-state index in [4.69, 9.17) is 0 Å².